The second-order valence-electron chi connectivity index (χ2n) is 5.08. The van der Waals surface area contributed by atoms with E-state index in [2.05, 4.69) is 12.2 Å². The summed E-state index contributed by atoms with van der Waals surface area (Å²) < 4.78 is 10.9. The van der Waals surface area contributed by atoms with E-state index in [4.69, 9.17) is 9.47 Å². The first-order chi connectivity index (χ1) is 8.76. The molecule has 0 radical (unpaired) electrons. The minimum atomic E-state index is -0.839. The molecule has 0 amide bonds. The lowest BCUT2D eigenvalue weighted by atomic mass is 10.0. The number of methoxy groups -OCH3 is 1. The zero-order valence-corrected chi connectivity index (χ0v) is 10.5. The predicted octanol–water partition coefficient (Wildman–Crippen LogP) is 2.67. The predicted molar refractivity (Wildman–Crippen MR) is 68.2 cm³/mol. The topological polar surface area (TPSA) is 38.7 Å². The van der Waals surface area contributed by atoms with Crippen LogP contribution in [0.15, 0.2) is 36.4 Å². The minimum absolute atomic E-state index is 0.164. The van der Waals surface area contributed by atoms with Crippen molar-refractivity contribution in [1.82, 2.24) is 0 Å². The van der Waals surface area contributed by atoms with Gasteiger partial charge in [0.05, 0.1) is 13.2 Å². The molecule has 96 valence electrons. The Morgan fingerprint density at radius 2 is 1.94 bits per heavy atom. The molecule has 0 unspecified atom stereocenters. The van der Waals surface area contributed by atoms with Crippen LogP contribution in [0.4, 0.5) is 0 Å². The zero-order valence-electron chi connectivity index (χ0n) is 10.5. The van der Waals surface area contributed by atoms with E-state index in [1.54, 1.807) is 7.11 Å². The third-order valence-electron chi connectivity index (χ3n) is 3.92. The summed E-state index contributed by atoms with van der Waals surface area (Å²) in [4.78, 5) is 0. The third kappa shape index (κ3) is 2.16. The second kappa shape index (κ2) is 4.75. The van der Waals surface area contributed by atoms with Gasteiger partial charge in [-0.15, -0.1) is 0 Å². The Kier molecular flexibility index (Phi) is 3.10. The molecular weight excluding hydrogens is 228 g/mol. The molecule has 0 spiro atoms. The molecule has 1 aromatic carbocycles. The number of benzene rings is 1. The summed E-state index contributed by atoms with van der Waals surface area (Å²) in [6.07, 6.45) is 6.03. The fourth-order valence-corrected chi connectivity index (χ4v) is 2.90. The fourth-order valence-electron chi connectivity index (χ4n) is 2.90. The van der Waals surface area contributed by atoms with E-state index in [0.717, 1.165) is 17.7 Å². The van der Waals surface area contributed by atoms with Crippen LogP contribution >= 0.6 is 0 Å². The first-order valence-corrected chi connectivity index (χ1v) is 6.42. The van der Waals surface area contributed by atoms with E-state index in [1.807, 2.05) is 24.3 Å². The number of fused-ring (bicyclic) bond motifs is 2. The van der Waals surface area contributed by atoms with Gasteiger partial charge in [0.15, 0.2) is 6.29 Å². The van der Waals surface area contributed by atoms with Crippen molar-refractivity contribution in [3.63, 3.8) is 0 Å². The van der Waals surface area contributed by atoms with Gasteiger partial charge in [-0.1, -0.05) is 24.3 Å². The highest BCUT2D eigenvalue weighted by atomic mass is 16.6. The minimum Gasteiger partial charge on any atom is -0.497 e. The van der Waals surface area contributed by atoms with Gasteiger partial charge in [0, 0.05) is 11.5 Å². The van der Waals surface area contributed by atoms with Gasteiger partial charge in [-0.2, -0.15) is 0 Å². The molecule has 3 rings (SSSR count). The van der Waals surface area contributed by atoms with Crippen molar-refractivity contribution in [2.45, 2.75) is 25.2 Å². The maximum atomic E-state index is 10.1. The molecule has 18 heavy (non-hydrogen) atoms. The van der Waals surface area contributed by atoms with Crippen LogP contribution in [0, 0.1) is 11.8 Å². The lowest BCUT2D eigenvalue weighted by Gasteiger charge is -2.23. The highest BCUT2D eigenvalue weighted by Gasteiger charge is 2.37. The number of ether oxygens (including phenoxy) is 2. The summed E-state index contributed by atoms with van der Waals surface area (Å²) in [5.74, 6) is 1.93. The Morgan fingerprint density at radius 3 is 2.50 bits per heavy atom. The number of hydrogen-bond donors (Lipinski definition) is 1. The molecule has 0 aromatic heterocycles. The standard InChI is InChI=1S/C15H18O3/c1-17-13-6-4-11(5-7-13)15(16)18-14-9-10-2-3-12(14)8-10/h2-7,10,12,14-16H,8-9H2,1H3/t10-,12-,14-,15-/m0/s1. The van der Waals surface area contributed by atoms with Crippen molar-refractivity contribution in [2.75, 3.05) is 7.11 Å². The van der Waals surface area contributed by atoms with E-state index >= 15 is 0 Å². The van der Waals surface area contributed by atoms with Crippen molar-refractivity contribution >= 4 is 0 Å². The Hall–Kier alpha value is -1.32. The van der Waals surface area contributed by atoms with Gasteiger partial charge in [0.2, 0.25) is 0 Å². The van der Waals surface area contributed by atoms with Gasteiger partial charge in [-0.3, -0.25) is 0 Å². The first kappa shape index (κ1) is 11.8. The third-order valence-corrected chi connectivity index (χ3v) is 3.92. The monoisotopic (exact) mass is 246 g/mol. The normalized spacial score (nSPS) is 30.7. The summed E-state index contributed by atoms with van der Waals surface area (Å²) in [7, 11) is 1.63. The van der Waals surface area contributed by atoms with Crippen LogP contribution < -0.4 is 4.74 Å². The summed E-state index contributed by atoms with van der Waals surface area (Å²) >= 11 is 0. The first-order valence-electron chi connectivity index (χ1n) is 6.42. The Bertz CT molecular complexity index is 438. The molecule has 1 saturated carbocycles. The lowest BCUT2D eigenvalue weighted by Crippen LogP contribution is -2.21. The summed E-state index contributed by atoms with van der Waals surface area (Å²) in [5.41, 5.74) is 0.780. The van der Waals surface area contributed by atoms with Crippen LogP contribution in [-0.2, 0) is 4.74 Å². The van der Waals surface area contributed by atoms with Crippen LogP contribution in [0.2, 0.25) is 0 Å². The molecule has 1 N–H and O–H groups in total. The van der Waals surface area contributed by atoms with Gasteiger partial charge in [0.25, 0.3) is 0 Å². The largest absolute Gasteiger partial charge is 0.497 e. The molecule has 1 fully saturated rings. The molecule has 0 heterocycles. The van der Waals surface area contributed by atoms with Gasteiger partial charge in [0.1, 0.15) is 5.75 Å². The average Bonchev–Trinajstić information content (AvgIpc) is 3.01. The molecule has 0 saturated heterocycles. The molecular formula is C15H18O3. The van der Waals surface area contributed by atoms with Crippen LogP contribution in [0.3, 0.4) is 0 Å². The van der Waals surface area contributed by atoms with E-state index < -0.39 is 6.29 Å². The smallest absolute Gasteiger partial charge is 0.181 e. The number of hydrogen-bond acceptors (Lipinski definition) is 3. The summed E-state index contributed by atoms with van der Waals surface area (Å²) in [6.45, 7) is 0. The second-order valence-corrected chi connectivity index (χ2v) is 5.08. The van der Waals surface area contributed by atoms with Gasteiger partial charge < -0.3 is 14.6 Å². The molecule has 3 heteroatoms. The van der Waals surface area contributed by atoms with Crippen molar-refractivity contribution in [1.29, 1.82) is 0 Å². The van der Waals surface area contributed by atoms with Crippen LogP contribution in [0.5, 0.6) is 5.75 Å². The highest BCUT2D eigenvalue weighted by Crippen LogP contribution is 2.42. The Balaban J connectivity index is 1.63. The van der Waals surface area contributed by atoms with Gasteiger partial charge >= 0.3 is 0 Å². The van der Waals surface area contributed by atoms with Crippen LogP contribution in [0.1, 0.15) is 24.7 Å². The zero-order chi connectivity index (χ0) is 12.5. The molecule has 2 aliphatic rings. The molecule has 2 aliphatic carbocycles. The van der Waals surface area contributed by atoms with E-state index in [9.17, 15) is 5.11 Å². The molecule has 0 aliphatic heterocycles. The number of aliphatic hydroxyl groups is 1. The molecule has 1 aromatic rings. The Labute approximate surface area is 107 Å². The maximum Gasteiger partial charge on any atom is 0.181 e. The number of allylic oxidation sites excluding steroid dienone is 1. The van der Waals surface area contributed by atoms with Crippen molar-refractivity contribution in [3.05, 3.63) is 42.0 Å². The van der Waals surface area contributed by atoms with Gasteiger partial charge in [-0.05, 0) is 30.9 Å². The SMILES string of the molecule is COc1ccc([C@@H](O)O[C@H]2C[C@H]3C=C[C@H]2C3)cc1. The lowest BCUT2D eigenvalue weighted by molar-refractivity contribution is -0.146. The summed E-state index contributed by atoms with van der Waals surface area (Å²) in [5, 5.41) is 10.1. The van der Waals surface area contributed by atoms with E-state index in [-0.39, 0.29) is 6.10 Å². The van der Waals surface area contributed by atoms with Crippen LogP contribution in [0.25, 0.3) is 0 Å². The maximum absolute atomic E-state index is 10.1. The van der Waals surface area contributed by atoms with Crippen molar-refractivity contribution in [3.8, 4) is 5.75 Å². The number of aliphatic hydroxyl groups excluding tert-OH is 1. The highest BCUT2D eigenvalue weighted by molar-refractivity contribution is 5.27. The average molecular weight is 246 g/mol. The quantitative estimate of drug-likeness (QED) is 0.655. The van der Waals surface area contributed by atoms with Crippen molar-refractivity contribution < 1.29 is 14.6 Å². The fraction of sp³-hybridized carbons (Fsp3) is 0.467. The molecule has 3 nitrogen and oxygen atoms in total. The van der Waals surface area contributed by atoms with E-state index in [1.165, 1.54) is 6.42 Å². The summed E-state index contributed by atoms with van der Waals surface area (Å²) in [6, 6.07) is 7.35. The number of rotatable bonds is 4. The molecule has 4 atom stereocenters. The molecule has 2 bridgehead atoms. The van der Waals surface area contributed by atoms with Crippen molar-refractivity contribution in [2.24, 2.45) is 11.8 Å². The van der Waals surface area contributed by atoms with E-state index in [0.29, 0.717) is 11.8 Å². The van der Waals surface area contributed by atoms with Crippen LogP contribution in [-0.4, -0.2) is 18.3 Å². The Morgan fingerprint density at radius 1 is 1.17 bits per heavy atom. The van der Waals surface area contributed by atoms with Gasteiger partial charge in [-0.25, -0.2) is 0 Å².